The third-order valence-electron chi connectivity index (χ3n) is 7.33. The summed E-state index contributed by atoms with van der Waals surface area (Å²) in [6.45, 7) is 4.84. The third-order valence-corrected chi connectivity index (χ3v) is 7.33. The Kier molecular flexibility index (Phi) is 3.24. The summed E-state index contributed by atoms with van der Waals surface area (Å²) in [5.74, 6) is -0.242. The van der Waals surface area contributed by atoms with E-state index >= 15 is 0 Å². The highest BCUT2D eigenvalue weighted by Crippen LogP contribution is 2.65. The van der Waals surface area contributed by atoms with Gasteiger partial charge in [-0.3, -0.25) is 4.79 Å². The summed E-state index contributed by atoms with van der Waals surface area (Å²) in [6, 6.07) is 0. The van der Waals surface area contributed by atoms with Crippen molar-refractivity contribution >= 4 is 12.1 Å². The van der Waals surface area contributed by atoms with Gasteiger partial charge in [0.15, 0.2) is 5.79 Å². The number of amides is 1. The zero-order valence-corrected chi connectivity index (χ0v) is 14.6. The fraction of sp³-hybridized carbons (Fsp3) is 0.889. The summed E-state index contributed by atoms with van der Waals surface area (Å²) in [4.78, 5) is 27.0. The molecule has 1 amide bonds. The van der Waals surface area contributed by atoms with Gasteiger partial charge in [0.1, 0.15) is 18.1 Å². The first kappa shape index (κ1) is 15.9. The number of piperidine rings is 1. The maximum atomic E-state index is 13.4. The Morgan fingerprint density at radius 1 is 1.16 bits per heavy atom. The molecule has 2 spiro atoms. The monoisotopic (exact) mass is 351 g/mol. The number of ether oxygens (including phenoxy) is 4. The normalized spacial score (nSPS) is 44.8. The first-order chi connectivity index (χ1) is 12.0. The van der Waals surface area contributed by atoms with E-state index in [9.17, 15) is 9.59 Å². The second-order valence-electron chi connectivity index (χ2n) is 8.28. The van der Waals surface area contributed by atoms with Gasteiger partial charge in [0.2, 0.25) is 5.91 Å². The number of hydrogen-bond donors (Lipinski definition) is 0. The van der Waals surface area contributed by atoms with Crippen molar-refractivity contribution in [3.8, 4) is 0 Å². The van der Waals surface area contributed by atoms with Crippen molar-refractivity contribution in [2.75, 3.05) is 32.9 Å². The lowest BCUT2D eigenvalue weighted by Gasteiger charge is -2.65. The molecule has 7 heteroatoms. The minimum Gasteiger partial charge on any atom is -0.433 e. The van der Waals surface area contributed by atoms with Gasteiger partial charge in [-0.15, -0.1) is 0 Å². The van der Waals surface area contributed by atoms with Gasteiger partial charge in [-0.1, -0.05) is 0 Å². The Balaban J connectivity index is 1.58. The van der Waals surface area contributed by atoms with E-state index in [-0.39, 0.29) is 30.0 Å². The van der Waals surface area contributed by atoms with Crippen LogP contribution in [0.2, 0.25) is 0 Å². The Hall–Kier alpha value is -1.34. The molecule has 0 aromatic heterocycles. The van der Waals surface area contributed by atoms with Crippen LogP contribution in [-0.2, 0) is 23.7 Å². The van der Waals surface area contributed by atoms with Crippen molar-refractivity contribution in [2.45, 2.75) is 50.9 Å². The molecule has 5 aliphatic rings. The van der Waals surface area contributed by atoms with Gasteiger partial charge in [0.05, 0.1) is 13.2 Å². The van der Waals surface area contributed by atoms with Crippen molar-refractivity contribution in [1.29, 1.82) is 0 Å². The minimum atomic E-state index is -0.735. The van der Waals surface area contributed by atoms with Crippen LogP contribution in [0, 0.1) is 16.7 Å². The maximum Gasteiger partial charge on any atom is 0.508 e. The molecule has 0 aromatic carbocycles. The Bertz CT molecular complexity index is 617. The number of cyclic esters (lactones) is 1. The average Bonchev–Trinajstić information content (AvgIpc) is 3.05. The largest absolute Gasteiger partial charge is 0.508 e. The van der Waals surface area contributed by atoms with Crippen LogP contribution in [0.25, 0.3) is 0 Å². The third kappa shape index (κ3) is 1.94. The Morgan fingerprint density at radius 3 is 2.72 bits per heavy atom. The molecule has 138 valence electrons. The summed E-state index contributed by atoms with van der Waals surface area (Å²) in [5.41, 5.74) is -0.781. The molecule has 2 aliphatic carbocycles. The molecule has 3 aliphatic heterocycles. The number of rotatable bonds is 1. The molecule has 25 heavy (non-hydrogen) atoms. The molecule has 0 radical (unpaired) electrons. The molecule has 3 saturated heterocycles. The van der Waals surface area contributed by atoms with E-state index in [1.165, 1.54) is 0 Å². The molecule has 1 unspecified atom stereocenters. The number of carbonyl (C=O) groups is 2. The van der Waals surface area contributed by atoms with Crippen molar-refractivity contribution in [3.63, 3.8) is 0 Å². The van der Waals surface area contributed by atoms with Crippen LogP contribution in [0.4, 0.5) is 4.79 Å². The first-order valence-electron chi connectivity index (χ1n) is 9.44. The average molecular weight is 351 g/mol. The topological polar surface area (TPSA) is 74.3 Å². The molecule has 2 bridgehead atoms. The fourth-order valence-electron chi connectivity index (χ4n) is 6.41. The van der Waals surface area contributed by atoms with Crippen molar-refractivity contribution in [3.05, 3.63) is 0 Å². The summed E-state index contributed by atoms with van der Waals surface area (Å²) in [7, 11) is 0. The SMILES string of the molecule is CCN1C[C@@]23CCC4OC(=O)OC[C@]4(C1=O)[C@H]2CCC1(C3)OCCO1. The Morgan fingerprint density at radius 2 is 1.96 bits per heavy atom. The van der Waals surface area contributed by atoms with Gasteiger partial charge < -0.3 is 23.8 Å². The van der Waals surface area contributed by atoms with Crippen LogP contribution >= 0.6 is 0 Å². The second-order valence-corrected chi connectivity index (χ2v) is 8.28. The highest BCUT2D eigenvalue weighted by molar-refractivity contribution is 5.87. The molecule has 4 atom stereocenters. The van der Waals surface area contributed by atoms with E-state index in [1.807, 2.05) is 11.8 Å². The standard InChI is InChI=1S/C18H25NO6/c1-2-19-10-16-5-4-13-18(14(19)20,11-22-15(21)25-13)12(16)3-6-17(9-16)23-7-8-24-17/h12-13H,2-11H2,1H3/t12-,13?,16-,18-/m0/s1. The van der Waals surface area contributed by atoms with E-state index < -0.39 is 17.4 Å². The summed E-state index contributed by atoms with van der Waals surface area (Å²) in [6.07, 6.45) is 3.09. The van der Waals surface area contributed by atoms with Crippen LogP contribution in [0.3, 0.4) is 0 Å². The lowest BCUT2D eigenvalue weighted by atomic mass is 9.45. The summed E-state index contributed by atoms with van der Waals surface area (Å²) < 4.78 is 22.8. The molecule has 7 nitrogen and oxygen atoms in total. The van der Waals surface area contributed by atoms with E-state index in [0.717, 1.165) is 32.2 Å². The van der Waals surface area contributed by atoms with E-state index in [0.29, 0.717) is 26.2 Å². The highest BCUT2D eigenvalue weighted by Gasteiger charge is 2.72. The number of hydrogen-bond acceptors (Lipinski definition) is 6. The number of nitrogens with zero attached hydrogens (tertiary/aromatic N) is 1. The van der Waals surface area contributed by atoms with Gasteiger partial charge >= 0.3 is 6.16 Å². The fourth-order valence-corrected chi connectivity index (χ4v) is 6.41. The van der Waals surface area contributed by atoms with Gasteiger partial charge in [-0.05, 0) is 37.5 Å². The predicted molar refractivity (Wildman–Crippen MR) is 84.6 cm³/mol. The number of carbonyl (C=O) groups excluding carboxylic acids is 2. The molecular formula is C18H25NO6. The van der Waals surface area contributed by atoms with Crippen molar-refractivity contribution < 1.29 is 28.5 Å². The molecule has 0 N–H and O–H groups in total. The second kappa shape index (κ2) is 5.10. The van der Waals surface area contributed by atoms with Crippen LogP contribution < -0.4 is 0 Å². The molecule has 5 rings (SSSR count). The molecule has 5 fully saturated rings. The van der Waals surface area contributed by atoms with Crippen molar-refractivity contribution in [1.82, 2.24) is 4.90 Å². The van der Waals surface area contributed by atoms with Crippen molar-refractivity contribution in [2.24, 2.45) is 16.7 Å². The lowest BCUT2D eigenvalue weighted by Crippen LogP contribution is -2.74. The van der Waals surface area contributed by atoms with Crippen LogP contribution in [0.5, 0.6) is 0 Å². The highest BCUT2D eigenvalue weighted by atomic mass is 16.7. The molecule has 0 aromatic rings. The van der Waals surface area contributed by atoms with E-state index in [2.05, 4.69) is 0 Å². The summed E-state index contributed by atoms with van der Waals surface area (Å²) >= 11 is 0. The molecular weight excluding hydrogens is 326 g/mol. The van der Waals surface area contributed by atoms with E-state index in [1.54, 1.807) is 0 Å². The molecule has 2 saturated carbocycles. The van der Waals surface area contributed by atoms with Crippen LogP contribution in [-0.4, -0.2) is 61.8 Å². The first-order valence-corrected chi connectivity index (χ1v) is 9.44. The summed E-state index contributed by atoms with van der Waals surface area (Å²) in [5, 5.41) is 0. The zero-order valence-electron chi connectivity index (χ0n) is 14.6. The van der Waals surface area contributed by atoms with Crippen LogP contribution in [0.1, 0.15) is 39.0 Å². The van der Waals surface area contributed by atoms with Gasteiger partial charge in [0, 0.05) is 25.9 Å². The number of likely N-dealkylation sites (tertiary alicyclic amines) is 1. The Labute approximate surface area is 146 Å². The van der Waals surface area contributed by atoms with E-state index in [4.69, 9.17) is 18.9 Å². The zero-order chi connectivity index (χ0) is 17.3. The minimum absolute atomic E-state index is 0.0455. The van der Waals surface area contributed by atoms with Gasteiger partial charge in [-0.25, -0.2) is 4.79 Å². The molecule has 3 heterocycles. The van der Waals surface area contributed by atoms with Gasteiger partial charge in [0.25, 0.3) is 0 Å². The quantitative estimate of drug-likeness (QED) is 0.670. The van der Waals surface area contributed by atoms with Crippen LogP contribution in [0.15, 0.2) is 0 Å². The van der Waals surface area contributed by atoms with Gasteiger partial charge in [-0.2, -0.15) is 0 Å². The smallest absolute Gasteiger partial charge is 0.433 e. The maximum absolute atomic E-state index is 13.4. The lowest BCUT2D eigenvalue weighted by molar-refractivity contribution is -0.275. The predicted octanol–water partition coefficient (Wildman–Crippen LogP) is 1.69.